The predicted octanol–water partition coefficient (Wildman–Crippen LogP) is 2.36. The summed E-state index contributed by atoms with van der Waals surface area (Å²) in [6, 6.07) is 0. The van der Waals surface area contributed by atoms with Crippen LogP contribution in [0.3, 0.4) is 0 Å². The maximum atomic E-state index is 11.3. The van der Waals surface area contributed by atoms with Crippen molar-refractivity contribution in [1.82, 2.24) is 4.98 Å². The number of hydrogen-bond acceptors (Lipinski definition) is 3. The second kappa shape index (κ2) is 3.87. The quantitative estimate of drug-likeness (QED) is 0.749. The van der Waals surface area contributed by atoms with Gasteiger partial charge in [0.25, 0.3) is 0 Å². The number of rotatable bonds is 2. The summed E-state index contributed by atoms with van der Waals surface area (Å²) >= 11 is 3.31. The topological polar surface area (TPSA) is 39.2 Å². The lowest BCUT2D eigenvalue weighted by Gasteiger charge is -2.08. The van der Waals surface area contributed by atoms with Gasteiger partial charge in [-0.2, -0.15) is 0 Å². The second-order valence-electron chi connectivity index (χ2n) is 2.67. The molecule has 0 aliphatic heterocycles. The van der Waals surface area contributed by atoms with Crippen molar-refractivity contribution in [3.8, 4) is 5.88 Å². The molecule has 0 atom stereocenters. The molecule has 0 radical (unpaired) electrons. The summed E-state index contributed by atoms with van der Waals surface area (Å²) < 4.78 is 5.81. The van der Waals surface area contributed by atoms with Gasteiger partial charge in [0.2, 0.25) is 5.88 Å². The zero-order valence-corrected chi connectivity index (χ0v) is 9.31. The Morgan fingerprint density at radius 2 is 2.23 bits per heavy atom. The van der Waals surface area contributed by atoms with Crippen LogP contribution in [0.1, 0.15) is 22.8 Å². The van der Waals surface area contributed by atoms with E-state index in [2.05, 4.69) is 20.9 Å². The van der Waals surface area contributed by atoms with E-state index in [1.165, 1.54) is 14.0 Å². The van der Waals surface area contributed by atoms with Crippen LogP contribution in [0.4, 0.5) is 0 Å². The van der Waals surface area contributed by atoms with E-state index in [0.717, 1.165) is 10.0 Å². The fourth-order valence-corrected chi connectivity index (χ4v) is 1.43. The molecule has 1 aromatic rings. The maximum absolute atomic E-state index is 11.3. The molecule has 1 rings (SSSR count). The summed E-state index contributed by atoms with van der Waals surface area (Å²) in [6.45, 7) is 3.35. The molecule has 0 saturated heterocycles. The average molecular weight is 244 g/mol. The van der Waals surface area contributed by atoms with Gasteiger partial charge in [-0.15, -0.1) is 0 Å². The number of methoxy groups -OCH3 is 1. The number of nitrogens with zero attached hydrogens (tertiary/aromatic N) is 1. The van der Waals surface area contributed by atoms with Crippen LogP contribution in [0.2, 0.25) is 0 Å². The van der Waals surface area contributed by atoms with Crippen molar-refractivity contribution in [3.05, 3.63) is 21.8 Å². The minimum atomic E-state index is -0.0387. The lowest BCUT2D eigenvalue weighted by molar-refractivity contribution is 0.101. The largest absolute Gasteiger partial charge is 0.480 e. The average Bonchev–Trinajstić information content (AvgIpc) is 2.08. The molecule has 0 aliphatic rings. The number of halogens is 1. The standard InChI is InChI=1S/C9H10BrNO2/c1-5-7(10)4-11-9(13-3)8(5)6(2)12/h4H,1-3H3. The van der Waals surface area contributed by atoms with Gasteiger partial charge in [0.15, 0.2) is 5.78 Å². The molecule has 13 heavy (non-hydrogen) atoms. The van der Waals surface area contributed by atoms with Crippen LogP contribution in [-0.4, -0.2) is 17.9 Å². The number of ketones is 1. The second-order valence-corrected chi connectivity index (χ2v) is 3.53. The molecule has 0 fully saturated rings. The Morgan fingerprint density at radius 3 is 2.69 bits per heavy atom. The Balaban J connectivity index is 3.41. The molecule has 0 aliphatic carbocycles. The van der Waals surface area contributed by atoms with Crippen molar-refractivity contribution in [2.75, 3.05) is 7.11 Å². The maximum Gasteiger partial charge on any atom is 0.224 e. The Kier molecular flexibility index (Phi) is 3.03. The molecular formula is C9H10BrNO2. The molecule has 0 bridgehead atoms. The summed E-state index contributed by atoms with van der Waals surface area (Å²) in [4.78, 5) is 15.2. The predicted molar refractivity (Wildman–Crippen MR) is 53.2 cm³/mol. The first-order chi connectivity index (χ1) is 6.07. The van der Waals surface area contributed by atoms with Crippen molar-refractivity contribution in [1.29, 1.82) is 0 Å². The molecule has 0 saturated carbocycles. The highest BCUT2D eigenvalue weighted by Crippen LogP contribution is 2.25. The Bertz CT molecular complexity index is 350. The van der Waals surface area contributed by atoms with E-state index in [1.54, 1.807) is 6.20 Å². The molecule has 0 unspecified atom stereocenters. The molecule has 4 heteroatoms. The molecule has 3 nitrogen and oxygen atoms in total. The lowest BCUT2D eigenvalue weighted by Crippen LogP contribution is -2.03. The number of carbonyl (C=O) groups is 1. The monoisotopic (exact) mass is 243 g/mol. The van der Waals surface area contributed by atoms with Gasteiger partial charge in [0.1, 0.15) is 0 Å². The minimum Gasteiger partial charge on any atom is -0.480 e. The molecule has 0 amide bonds. The highest BCUT2D eigenvalue weighted by atomic mass is 79.9. The fraction of sp³-hybridized carbons (Fsp3) is 0.333. The van der Waals surface area contributed by atoms with Gasteiger partial charge in [-0.05, 0) is 35.3 Å². The third-order valence-corrected chi connectivity index (χ3v) is 2.59. The molecule has 1 heterocycles. The van der Waals surface area contributed by atoms with Gasteiger partial charge >= 0.3 is 0 Å². The number of aromatic nitrogens is 1. The van der Waals surface area contributed by atoms with Crippen molar-refractivity contribution < 1.29 is 9.53 Å². The first kappa shape index (κ1) is 10.2. The van der Waals surface area contributed by atoms with Crippen LogP contribution < -0.4 is 4.74 Å². The Labute approximate surface area is 85.3 Å². The van der Waals surface area contributed by atoms with E-state index in [-0.39, 0.29) is 5.78 Å². The van der Waals surface area contributed by atoms with Crippen LogP contribution in [0, 0.1) is 6.92 Å². The third kappa shape index (κ3) is 1.88. The van der Waals surface area contributed by atoms with Crippen LogP contribution in [0.15, 0.2) is 10.7 Å². The number of hydrogen-bond donors (Lipinski definition) is 0. The van der Waals surface area contributed by atoms with E-state index >= 15 is 0 Å². The van der Waals surface area contributed by atoms with Crippen molar-refractivity contribution in [2.45, 2.75) is 13.8 Å². The van der Waals surface area contributed by atoms with E-state index in [9.17, 15) is 4.79 Å². The molecule has 0 aromatic carbocycles. The van der Waals surface area contributed by atoms with E-state index in [1.807, 2.05) is 6.92 Å². The first-order valence-electron chi connectivity index (χ1n) is 3.78. The van der Waals surface area contributed by atoms with Crippen molar-refractivity contribution in [2.24, 2.45) is 0 Å². The van der Waals surface area contributed by atoms with Gasteiger partial charge in [-0.3, -0.25) is 4.79 Å². The zero-order valence-electron chi connectivity index (χ0n) is 7.72. The van der Waals surface area contributed by atoms with Gasteiger partial charge in [0, 0.05) is 10.7 Å². The lowest BCUT2D eigenvalue weighted by atomic mass is 10.1. The van der Waals surface area contributed by atoms with Crippen LogP contribution in [-0.2, 0) is 0 Å². The third-order valence-electron chi connectivity index (χ3n) is 1.79. The van der Waals surface area contributed by atoms with Gasteiger partial charge in [0.05, 0.1) is 12.7 Å². The normalized spacial score (nSPS) is 9.85. The summed E-state index contributed by atoms with van der Waals surface area (Å²) in [5.41, 5.74) is 1.40. The molecule has 1 aromatic heterocycles. The Morgan fingerprint density at radius 1 is 1.62 bits per heavy atom. The highest BCUT2D eigenvalue weighted by Gasteiger charge is 2.14. The van der Waals surface area contributed by atoms with E-state index in [4.69, 9.17) is 4.74 Å². The van der Waals surface area contributed by atoms with Crippen LogP contribution in [0.5, 0.6) is 5.88 Å². The molecular weight excluding hydrogens is 234 g/mol. The van der Waals surface area contributed by atoms with Crippen molar-refractivity contribution in [3.63, 3.8) is 0 Å². The van der Waals surface area contributed by atoms with Gasteiger partial charge < -0.3 is 4.74 Å². The molecule has 0 spiro atoms. The number of carbonyl (C=O) groups excluding carboxylic acids is 1. The van der Waals surface area contributed by atoms with E-state index in [0.29, 0.717) is 11.4 Å². The smallest absolute Gasteiger partial charge is 0.224 e. The number of Topliss-reactive ketones (excluding diaryl/α,β-unsaturated/α-hetero) is 1. The van der Waals surface area contributed by atoms with Crippen molar-refractivity contribution >= 4 is 21.7 Å². The number of ether oxygens (including phenoxy) is 1. The molecule has 70 valence electrons. The summed E-state index contributed by atoms with van der Waals surface area (Å²) in [6.07, 6.45) is 1.63. The fourth-order valence-electron chi connectivity index (χ4n) is 1.13. The van der Waals surface area contributed by atoms with Crippen LogP contribution in [0.25, 0.3) is 0 Å². The van der Waals surface area contributed by atoms with Crippen LogP contribution >= 0.6 is 15.9 Å². The highest BCUT2D eigenvalue weighted by molar-refractivity contribution is 9.10. The summed E-state index contributed by atoms with van der Waals surface area (Å²) in [5.74, 6) is 0.344. The van der Waals surface area contributed by atoms with E-state index < -0.39 is 0 Å². The Hall–Kier alpha value is -0.900. The SMILES string of the molecule is COc1ncc(Br)c(C)c1C(C)=O. The number of pyridine rings is 1. The summed E-state index contributed by atoms with van der Waals surface area (Å²) in [7, 11) is 1.50. The summed E-state index contributed by atoms with van der Waals surface area (Å²) in [5, 5.41) is 0. The molecule has 0 N–H and O–H groups in total. The van der Waals surface area contributed by atoms with Gasteiger partial charge in [-0.25, -0.2) is 4.98 Å². The zero-order chi connectivity index (χ0) is 10.0. The first-order valence-corrected chi connectivity index (χ1v) is 4.57. The van der Waals surface area contributed by atoms with Gasteiger partial charge in [-0.1, -0.05) is 0 Å². The minimum absolute atomic E-state index is 0.0387.